The van der Waals surface area contributed by atoms with Crippen LogP contribution in [0.4, 0.5) is 0 Å². The highest BCUT2D eigenvalue weighted by atomic mass is 16.3. The van der Waals surface area contributed by atoms with Gasteiger partial charge in [-0.05, 0) is 32.6 Å². The lowest BCUT2D eigenvalue weighted by atomic mass is 10.3. The van der Waals surface area contributed by atoms with Gasteiger partial charge in [0.2, 0.25) is 0 Å². The summed E-state index contributed by atoms with van der Waals surface area (Å²) < 4.78 is 0. The first-order chi connectivity index (χ1) is 8.02. The zero-order valence-corrected chi connectivity index (χ0v) is 10.7. The molecule has 17 heavy (non-hydrogen) atoms. The van der Waals surface area contributed by atoms with Gasteiger partial charge in [0.05, 0.1) is 6.10 Å². The Balaban J connectivity index is 2.39. The Morgan fingerprint density at radius 2 is 2.24 bits per heavy atom. The standard InChI is InChI=1S/C12H21N3O2/c1-4-9-5-6-11(14-9)12(17)13-7-10(16)8-15(2)3/h5-6,10,14,16H,4,7-8H2,1-3H3,(H,13,17)/t10-/m0/s1. The predicted molar refractivity (Wildman–Crippen MR) is 67.1 cm³/mol. The molecule has 1 atom stereocenters. The zero-order valence-electron chi connectivity index (χ0n) is 10.7. The van der Waals surface area contributed by atoms with Crippen LogP contribution >= 0.6 is 0 Å². The number of likely N-dealkylation sites (N-methyl/N-ethyl adjacent to an activating group) is 1. The van der Waals surface area contributed by atoms with Crippen LogP contribution in [0.2, 0.25) is 0 Å². The molecule has 0 saturated carbocycles. The molecule has 0 aliphatic rings. The minimum atomic E-state index is -0.547. The van der Waals surface area contributed by atoms with Crippen molar-refractivity contribution in [2.75, 3.05) is 27.2 Å². The van der Waals surface area contributed by atoms with Gasteiger partial charge in [-0.2, -0.15) is 0 Å². The highest BCUT2D eigenvalue weighted by molar-refractivity contribution is 5.92. The number of amides is 1. The first-order valence-electron chi connectivity index (χ1n) is 5.81. The summed E-state index contributed by atoms with van der Waals surface area (Å²) in [7, 11) is 3.76. The van der Waals surface area contributed by atoms with Crippen molar-refractivity contribution >= 4 is 5.91 Å². The van der Waals surface area contributed by atoms with Crippen molar-refractivity contribution < 1.29 is 9.90 Å². The van der Waals surface area contributed by atoms with Crippen LogP contribution in [0.5, 0.6) is 0 Å². The van der Waals surface area contributed by atoms with Crippen LogP contribution in [-0.4, -0.2) is 54.2 Å². The number of hydrogen-bond acceptors (Lipinski definition) is 3. The number of carbonyl (C=O) groups is 1. The molecule has 0 saturated heterocycles. The monoisotopic (exact) mass is 239 g/mol. The number of H-pyrrole nitrogens is 1. The summed E-state index contributed by atoms with van der Waals surface area (Å²) in [4.78, 5) is 16.6. The van der Waals surface area contributed by atoms with Gasteiger partial charge in [0.1, 0.15) is 5.69 Å². The maximum atomic E-state index is 11.7. The molecule has 0 aliphatic carbocycles. The van der Waals surface area contributed by atoms with Crippen molar-refractivity contribution in [1.29, 1.82) is 0 Å². The van der Waals surface area contributed by atoms with Gasteiger partial charge in [-0.3, -0.25) is 4.79 Å². The molecule has 0 aliphatic heterocycles. The van der Waals surface area contributed by atoms with E-state index in [4.69, 9.17) is 0 Å². The number of nitrogens with zero attached hydrogens (tertiary/aromatic N) is 1. The van der Waals surface area contributed by atoms with E-state index < -0.39 is 6.10 Å². The van der Waals surface area contributed by atoms with Crippen LogP contribution in [0.3, 0.4) is 0 Å². The number of nitrogens with one attached hydrogen (secondary N) is 2. The van der Waals surface area contributed by atoms with E-state index in [0.29, 0.717) is 12.2 Å². The Morgan fingerprint density at radius 3 is 2.76 bits per heavy atom. The van der Waals surface area contributed by atoms with Crippen molar-refractivity contribution in [3.8, 4) is 0 Å². The number of aryl methyl sites for hydroxylation is 1. The fourth-order valence-corrected chi connectivity index (χ4v) is 1.57. The van der Waals surface area contributed by atoms with Crippen LogP contribution in [-0.2, 0) is 6.42 Å². The third kappa shape index (κ3) is 4.58. The fraction of sp³-hybridized carbons (Fsp3) is 0.583. The number of aliphatic hydroxyl groups excluding tert-OH is 1. The van der Waals surface area contributed by atoms with Crippen molar-refractivity contribution in [3.63, 3.8) is 0 Å². The summed E-state index contributed by atoms with van der Waals surface area (Å²) in [6, 6.07) is 3.65. The zero-order chi connectivity index (χ0) is 12.8. The highest BCUT2D eigenvalue weighted by Gasteiger charge is 2.10. The van der Waals surface area contributed by atoms with Crippen LogP contribution in [0, 0.1) is 0 Å². The number of aromatic amines is 1. The third-order valence-electron chi connectivity index (χ3n) is 2.45. The predicted octanol–water partition coefficient (Wildman–Crippen LogP) is 0.229. The second kappa shape index (κ2) is 6.42. The fourth-order valence-electron chi connectivity index (χ4n) is 1.57. The van der Waals surface area contributed by atoms with E-state index in [2.05, 4.69) is 10.3 Å². The summed E-state index contributed by atoms with van der Waals surface area (Å²) >= 11 is 0. The van der Waals surface area contributed by atoms with Gasteiger partial charge in [-0.25, -0.2) is 0 Å². The summed E-state index contributed by atoms with van der Waals surface area (Å²) in [6.07, 6.45) is 0.325. The molecule has 5 heteroatoms. The maximum Gasteiger partial charge on any atom is 0.267 e. The number of rotatable bonds is 6. The molecule has 0 bridgehead atoms. The molecule has 0 spiro atoms. The molecule has 1 aromatic heterocycles. The van der Waals surface area contributed by atoms with Crippen LogP contribution in [0.25, 0.3) is 0 Å². The third-order valence-corrected chi connectivity index (χ3v) is 2.45. The molecule has 0 unspecified atom stereocenters. The number of aliphatic hydroxyl groups is 1. The quantitative estimate of drug-likeness (QED) is 0.665. The van der Waals surface area contributed by atoms with Crippen LogP contribution in [0.1, 0.15) is 23.1 Å². The first kappa shape index (κ1) is 13.7. The van der Waals surface area contributed by atoms with Crippen molar-refractivity contribution in [1.82, 2.24) is 15.2 Å². The number of aromatic nitrogens is 1. The van der Waals surface area contributed by atoms with Crippen LogP contribution in [0.15, 0.2) is 12.1 Å². The first-order valence-corrected chi connectivity index (χ1v) is 5.81. The topological polar surface area (TPSA) is 68.4 Å². The summed E-state index contributed by atoms with van der Waals surface area (Å²) in [5.41, 5.74) is 1.57. The average molecular weight is 239 g/mol. The number of carbonyl (C=O) groups excluding carboxylic acids is 1. The molecule has 1 amide bonds. The molecular weight excluding hydrogens is 218 g/mol. The molecule has 1 heterocycles. The molecule has 1 aromatic rings. The van der Waals surface area contributed by atoms with E-state index in [1.165, 1.54) is 0 Å². The van der Waals surface area contributed by atoms with E-state index in [1.54, 1.807) is 6.07 Å². The van der Waals surface area contributed by atoms with E-state index in [9.17, 15) is 9.90 Å². The van der Waals surface area contributed by atoms with Gasteiger partial charge in [0, 0.05) is 18.8 Å². The average Bonchev–Trinajstić information content (AvgIpc) is 2.73. The second-order valence-electron chi connectivity index (χ2n) is 4.38. The minimum absolute atomic E-state index is 0.178. The molecule has 5 nitrogen and oxygen atoms in total. The molecule has 3 N–H and O–H groups in total. The maximum absolute atomic E-state index is 11.7. The van der Waals surface area contributed by atoms with Crippen molar-refractivity contribution in [2.45, 2.75) is 19.4 Å². The second-order valence-corrected chi connectivity index (χ2v) is 4.38. The molecule has 1 rings (SSSR count). The van der Waals surface area contributed by atoms with Gasteiger partial charge >= 0.3 is 0 Å². The highest BCUT2D eigenvalue weighted by Crippen LogP contribution is 2.02. The van der Waals surface area contributed by atoms with Gasteiger partial charge in [-0.1, -0.05) is 6.92 Å². The van der Waals surface area contributed by atoms with E-state index in [1.807, 2.05) is 32.0 Å². The Bertz CT molecular complexity index is 360. The van der Waals surface area contributed by atoms with E-state index in [0.717, 1.165) is 12.1 Å². The minimum Gasteiger partial charge on any atom is -0.390 e. The molecular formula is C12H21N3O2. The lowest BCUT2D eigenvalue weighted by molar-refractivity contribution is 0.0888. The van der Waals surface area contributed by atoms with Gasteiger partial charge in [0.25, 0.3) is 5.91 Å². The summed E-state index contributed by atoms with van der Waals surface area (Å²) in [5.74, 6) is -0.178. The smallest absolute Gasteiger partial charge is 0.267 e. The Morgan fingerprint density at radius 1 is 1.53 bits per heavy atom. The van der Waals surface area contributed by atoms with Crippen LogP contribution < -0.4 is 5.32 Å². The van der Waals surface area contributed by atoms with Gasteiger partial charge < -0.3 is 20.3 Å². The Labute approximate surface area is 102 Å². The molecule has 0 fully saturated rings. The molecule has 0 aromatic carbocycles. The van der Waals surface area contributed by atoms with Crippen molar-refractivity contribution in [2.24, 2.45) is 0 Å². The number of hydrogen-bond donors (Lipinski definition) is 3. The largest absolute Gasteiger partial charge is 0.390 e. The van der Waals surface area contributed by atoms with E-state index in [-0.39, 0.29) is 12.5 Å². The molecule has 96 valence electrons. The molecule has 0 radical (unpaired) electrons. The Kier molecular flexibility index (Phi) is 5.18. The van der Waals surface area contributed by atoms with E-state index >= 15 is 0 Å². The SMILES string of the molecule is CCc1ccc(C(=O)NC[C@H](O)CN(C)C)[nH]1. The lowest BCUT2D eigenvalue weighted by Gasteiger charge is -2.16. The Hall–Kier alpha value is -1.33. The van der Waals surface area contributed by atoms with Crippen molar-refractivity contribution in [3.05, 3.63) is 23.5 Å². The lowest BCUT2D eigenvalue weighted by Crippen LogP contribution is -2.37. The normalized spacial score (nSPS) is 12.8. The van der Waals surface area contributed by atoms with Gasteiger partial charge in [-0.15, -0.1) is 0 Å². The van der Waals surface area contributed by atoms with Gasteiger partial charge in [0.15, 0.2) is 0 Å². The summed E-state index contributed by atoms with van der Waals surface area (Å²) in [5, 5.41) is 12.3. The summed E-state index contributed by atoms with van der Waals surface area (Å²) in [6.45, 7) is 2.82.